The fourth-order valence-corrected chi connectivity index (χ4v) is 2.42. The molecular weight excluding hydrogens is 226 g/mol. The number of carbonyl (C=O) groups excluding carboxylic acids is 1. The molecule has 98 valence electrons. The maximum atomic E-state index is 11.8. The van der Waals surface area contributed by atoms with Crippen molar-refractivity contribution in [3.8, 4) is 0 Å². The van der Waals surface area contributed by atoms with Crippen LogP contribution in [0, 0.1) is 5.92 Å². The second kappa shape index (κ2) is 6.50. The number of pyridine rings is 1. The minimum Gasteiger partial charge on any atom is -0.351 e. The summed E-state index contributed by atoms with van der Waals surface area (Å²) in [5.41, 5.74) is 0.678. The first-order chi connectivity index (χ1) is 8.75. The Hall–Kier alpha value is -1.42. The summed E-state index contributed by atoms with van der Waals surface area (Å²) < 4.78 is 0. The number of hydrogen-bond donors (Lipinski definition) is 1. The van der Waals surface area contributed by atoms with Crippen molar-refractivity contribution in [2.45, 2.75) is 19.8 Å². The van der Waals surface area contributed by atoms with Crippen LogP contribution in [-0.4, -0.2) is 42.0 Å². The minimum atomic E-state index is -0.0116. The third-order valence-electron chi connectivity index (χ3n) is 3.40. The van der Waals surface area contributed by atoms with E-state index in [1.807, 2.05) is 0 Å². The van der Waals surface area contributed by atoms with Crippen LogP contribution in [-0.2, 0) is 0 Å². The molecule has 4 nitrogen and oxygen atoms in total. The molecule has 1 aliphatic heterocycles. The molecule has 0 aromatic carbocycles. The third-order valence-corrected chi connectivity index (χ3v) is 3.40. The maximum Gasteiger partial charge on any atom is 0.251 e. The van der Waals surface area contributed by atoms with Gasteiger partial charge in [-0.15, -0.1) is 0 Å². The van der Waals surface area contributed by atoms with Gasteiger partial charge in [0.2, 0.25) is 0 Å². The largest absolute Gasteiger partial charge is 0.351 e. The average molecular weight is 247 g/mol. The SMILES string of the molecule is C[C@@H]1CCCN(CCNC(=O)c2ccncc2)C1. The number of likely N-dealkylation sites (tertiary alicyclic amines) is 1. The molecule has 0 spiro atoms. The monoisotopic (exact) mass is 247 g/mol. The smallest absolute Gasteiger partial charge is 0.251 e. The molecule has 1 aromatic heterocycles. The summed E-state index contributed by atoms with van der Waals surface area (Å²) in [6.45, 7) is 6.28. The van der Waals surface area contributed by atoms with E-state index in [4.69, 9.17) is 0 Å². The number of nitrogens with zero attached hydrogens (tertiary/aromatic N) is 2. The predicted molar refractivity (Wildman–Crippen MR) is 71.4 cm³/mol. The maximum absolute atomic E-state index is 11.8. The number of piperidine rings is 1. The molecule has 0 radical (unpaired) electrons. The second-order valence-corrected chi connectivity index (χ2v) is 5.04. The number of hydrogen-bond acceptors (Lipinski definition) is 3. The Bertz CT molecular complexity index is 380. The summed E-state index contributed by atoms with van der Waals surface area (Å²) in [6.07, 6.45) is 5.89. The normalized spacial score (nSPS) is 20.6. The molecular formula is C14H21N3O. The fraction of sp³-hybridized carbons (Fsp3) is 0.571. The Morgan fingerprint density at radius 1 is 1.50 bits per heavy atom. The molecule has 1 N–H and O–H groups in total. The summed E-state index contributed by atoms with van der Waals surface area (Å²) >= 11 is 0. The Balaban J connectivity index is 1.70. The molecule has 18 heavy (non-hydrogen) atoms. The van der Waals surface area contributed by atoms with E-state index in [2.05, 4.69) is 22.1 Å². The lowest BCUT2D eigenvalue weighted by Gasteiger charge is -2.30. The Kier molecular flexibility index (Phi) is 4.70. The van der Waals surface area contributed by atoms with Crippen molar-refractivity contribution in [3.63, 3.8) is 0 Å². The van der Waals surface area contributed by atoms with Crippen LogP contribution in [0.1, 0.15) is 30.1 Å². The van der Waals surface area contributed by atoms with E-state index < -0.39 is 0 Å². The number of carbonyl (C=O) groups is 1. The van der Waals surface area contributed by atoms with Crippen LogP contribution in [0.25, 0.3) is 0 Å². The van der Waals surface area contributed by atoms with E-state index in [-0.39, 0.29) is 5.91 Å². The fourth-order valence-electron chi connectivity index (χ4n) is 2.42. The third kappa shape index (κ3) is 3.81. The summed E-state index contributed by atoms with van der Waals surface area (Å²) in [6, 6.07) is 3.47. The van der Waals surface area contributed by atoms with Gasteiger partial charge in [-0.2, -0.15) is 0 Å². The number of aromatic nitrogens is 1. The van der Waals surface area contributed by atoms with Gasteiger partial charge in [0.1, 0.15) is 0 Å². The van der Waals surface area contributed by atoms with E-state index in [0.29, 0.717) is 12.1 Å². The van der Waals surface area contributed by atoms with Crippen LogP contribution >= 0.6 is 0 Å². The molecule has 1 amide bonds. The number of rotatable bonds is 4. The second-order valence-electron chi connectivity index (χ2n) is 5.04. The summed E-state index contributed by atoms with van der Waals surface area (Å²) in [5, 5.41) is 2.95. The van der Waals surface area contributed by atoms with Crippen molar-refractivity contribution in [1.29, 1.82) is 0 Å². The molecule has 0 unspecified atom stereocenters. The molecule has 0 bridgehead atoms. The molecule has 1 atom stereocenters. The van der Waals surface area contributed by atoms with Gasteiger partial charge in [-0.25, -0.2) is 0 Å². The van der Waals surface area contributed by atoms with Gasteiger partial charge >= 0.3 is 0 Å². The standard InChI is InChI=1S/C14H21N3O/c1-12-3-2-9-17(11-12)10-8-16-14(18)13-4-6-15-7-5-13/h4-7,12H,2-3,8-11H2,1H3,(H,16,18)/t12-/m1/s1. The van der Waals surface area contributed by atoms with E-state index in [0.717, 1.165) is 25.6 Å². The molecule has 2 heterocycles. The molecule has 0 saturated carbocycles. The van der Waals surface area contributed by atoms with Crippen molar-refractivity contribution in [3.05, 3.63) is 30.1 Å². The van der Waals surface area contributed by atoms with Crippen molar-refractivity contribution in [1.82, 2.24) is 15.2 Å². The molecule has 1 fully saturated rings. The Morgan fingerprint density at radius 3 is 3.00 bits per heavy atom. The summed E-state index contributed by atoms with van der Waals surface area (Å²) in [5.74, 6) is 0.775. The number of amides is 1. The van der Waals surface area contributed by atoms with Gasteiger partial charge in [0.05, 0.1) is 0 Å². The summed E-state index contributed by atoms with van der Waals surface area (Å²) in [4.78, 5) is 18.1. The first kappa shape index (κ1) is 13.0. The molecule has 1 saturated heterocycles. The Morgan fingerprint density at radius 2 is 2.28 bits per heavy atom. The average Bonchev–Trinajstić information content (AvgIpc) is 2.40. The van der Waals surface area contributed by atoms with Gasteiger partial charge in [-0.3, -0.25) is 9.78 Å². The molecule has 1 aromatic rings. The molecule has 2 rings (SSSR count). The first-order valence-corrected chi connectivity index (χ1v) is 6.66. The van der Waals surface area contributed by atoms with Crippen LogP contribution in [0.4, 0.5) is 0 Å². The van der Waals surface area contributed by atoms with Gasteiger partial charge in [-0.1, -0.05) is 6.92 Å². The predicted octanol–water partition coefficient (Wildman–Crippen LogP) is 1.54. The van der Waals surface area contributed by atoms with E-state index in [9.17, 15) is 4.79 Å². The Labute approximate surface area is 108 Å². The minimum absolute atomic E-state index is 0.0116. The van der Waals surface area contributed by atoms with Crippen molar-refractivity contribution in [2.24, 2.45) is 5.92 Å². The highest BCUT2D eigenvalue weighted by Gasteiger charge is 2.15. The van der Waals surface area contributed by atoms with Gasteiger partial charge < -0.3 is 10.2 Å². The zero-order chi connectivity index (χ0) is 12.8. The van der Waals surface area contributed by atoms with Crippen molar-refractivity contribution >= 4 is 5.91 Å². The zero-order valence-electron chi connectivity index (χ0n) is 10.9. The highest BCUT2D eigenvalue weighted by molar-refractivity contribution is 5.93. The highest BCUT2D eigenvalue weighted by Crippen LogP contribution is 2.14. The van der Waals surface area contributed by atoms with Crippen molar-refractivity contribution in [2.75, 3.05) is 26.2 Å². The number of nitrogens with one attached hydrogen (secondary N) is 1. The van der Waals surface area contributed by atoms with Crippen LogP contribution in [0.3, 0.4) is 0 Å². The lowest BCUT2D eigenvalue weighted by Crippen LogP contribution is -2.40. The first-order valence-electron chi connectivity index (χ1n) is 6.66. The van der Waals surface area contributed by atoms with E-state index >= 15 is 0 Å². The molecule has 4 heteroatoms. The van der Waals surface area contributed by atoms with Crippen molar-refractivity contribution < 1.29 is 4.79 Å². The van der Waals surface area contributed by atoms with Crippen LogP contribution in [0.2, 0.25) is 0 Å². The quantitative estimate of drug-likeness (QED) is 0.878. The van der Waals surface area contributed by atoms with Crippen LogP contribution in [0.5, 0.6) is 0 Å². The summed E-state index contributed by atoms with van der Waals surface area (Å²) in [7, 11) is 0. The zero-order valence-corrected chi connectivity index (χ0v) is 10.9. The van der Waals surface area contributed by atoms with Gasteiger partial charge in [0.15, 0.2) is 0 Å². The lowest BCUT2D eigenvalue weighted by molar-refractivity contribution is 0.0943. The van der Waals surface area contributed by atoms with Gasteiger partial charge in [0.25, 0.3) is 5.91 Å². The van der Waals surface area contributed by atoms with E-state index in [1.165, 1.54) is 12.8 Å². The van der Waals surface area contributed by atoms with Gasteiger partial charge in [-0.05, 0) is 37.4 Å². The lowest BCUT2D eigenvalue weighted by atomic mass is 10.0. The molecule has 0 aliphatic carbocycles. The van der Waals surface area contributed by atoms with Gasteiger partial charge in [0, 0.05) is 37.6 Å². The topological polar surface area (TPSA) is 45.2 Å². The van der Waals surface area contributed by atoms with Crippen LogP contribution < -0.4 is 5.32 Å². The van der Waals surface area contributed by atoms with Crippen LogP contribution in [0.15, 0.2) is 24.5 Å². The van der Waals surface area contributed by atoms with E-state index in [1.54, 1.807) is 24.5 Å². The molecule has 1 aliphatic rings. The highest BCUT2D eigenvalue weighted by atomic mass is 16.1.